The average molecular weight is 407 g/mol. The van der Waals surface area contributed by atoms with Crippen LogP contribution in [0.2, 0.25) is 0 Å². The van der Waals surface area contributed by atoms with Gasteiger partial charge in [0.25, 0.3) is 5.91 Å². The highest BCUT2D eigenvalue weighted by atomic mass is 16.5. The van der Waals surface area contributed by atoms with E-state index in [2.05, 4.69) is 11.0 Å². The Balaban J connectivity index is 1.41. The van der Waals surface area contributed by atoms with E-state index < -0.39 is 0 Å². The Morgan fingerprint density at radius 3 is 2.67 bits per heavy atom. The smallest absolute Gasteiger partial charge is 0.257 e. The number of methoxy groups -OCH3 is 1. The van der Waals surface area contributed by atoms with E-state index in [4.69, 9.17) is 9.47 Å². The lowest BCUT2D eigenvalue weighted by Gasteiger charge is -2.25. The summed E-state index contributed by atoms with van der Waals surface area (Å²) in [5.74, 6) is 2.37. The van der Waals surface area contributed by atoms with Crippen LogP contribution in [0.4, 0.5) is 0 Å². The molecule has 1 saturated carbocycles. The Labute approximate surface area is 178 Å². The zero-order valence-corrected chi connectivity index (χ0v) is 17.8. The number of carbonyl (C=O) groups excluding carboxylic acids is 1. The number of ether oxygens (including phenoxy) is 2. The average Bonchev–Trinajstić information content (AvgIpc) is 3.41. The lowest BCUT2D eigenvalue weighted by molar-refractivity contribution is 0.0682. The normalized spacial score (nSPS) is 24.3. The van der Waals surface area contributed by atoms with Gasteiger partial charge in [-0.25, -0.2) is 0 Å². The molecule has 2 atom stereocenters. The summed E-state index contributed by atoms with van der Waals surface area (Å²) in [6.07, 6.45) is 5.42. The van der Waals surface area contributed by atoms with Gasteiger partial charge < -0.3 is 14.4 Å². The lowest BCUT2D eigenvalue weighted by atomic mass is 10.0. The molecular formula is C25H30N2O3. The SMILES string of the molecule is COc1cccc(-c2ccc3c(c2)OC2CN(CC4CCCC4)CC2N(C)C3=O)c1. The molecule has 1 amide bonds. The number of likely N-dealkylation sites (tertiary alicyclic amines) is 1. The van der Waals surface area contributed by atoms with Gasteiger partial charge in [0.05, 0.1) is 18.7 Å². The molecule has 5 heteroatoms. The van der Waals surface area contributed by atoms with Gasteiger partial charge in [0, 0.05) is 26.7 Å². The van der Waals surface area contributed by atoms with Gasteiger partial charge in [-0.15, -0.1) is 0 Å². The van der Waals surface area contributed by atoms with E-state index in [1.165, 1.54) is 25.7 Å². The van der Waals surface area contributed by atoms with Crippen LogP contribution in [0.3, 0.4) is 0 Å². The maximum atomic E-state index is 13.2. The molecule has 2 fully saturated rings. The molecule has 2 unspecified atom stereocenters. The first-order valence-corrected chi connectivity index (χ1v) is 11.1. The summed E-state index contributed by atoms with van der Waals surface area (Å²) >= 11 is 0. The van der Waals surface area contributed by atoms with Crippen molar-refractivity contribution in [2.45, 2.75) is 37.8 Å². The van der Waals surface area contributed by atoms with Gasteiger partial charge in [-0.05, 0) is 54.2 Å². The van der Waals surface area contributed by atoms with Crippen molar-refractivity contribution in [1.82, 2.24) is 9.80 Å². The van der Waals surface area contributed by atoms with Crippen LogP contribution in [-0.2, 0) is 0 Å². The number of fused-ring (bicyclic) bond motifs is 2. The molecule has 158 valence electrons. The van der Waals surface area contributed by atoms with Crippen LogP contribution in [0.1, 0.15) is 36.0 Å². The number of likely N-dealkylation sites (N-methyl/N-ethyl adjacent to an activating group) is 1. The summed E-state index contributed by atoms with van der Waals surface area (Å²) in [6, 6.07) is 14.0. The van der Waals surface area contributed by atoms with Gasteiger partial charge in [0.2, 0.25) is 0 Å². The zero-order valence-electron chi connectivity index (χ0n) is 17.8. The minimum atomic E-state index is 0.0159. The molecule has 30 heavy (non-hydrogen) atoms. The molecule has 3 aliphatic rings. The maximum Gasteiger partial charge on any atom is 0.257 e. The molecule has 0 aromatic heterocycles. The molecule has 2 aliphatic heterocycles. The fourth-order valence-electron chi connectivity index (χ4n) is 5.31. The summed E-state index contributed by atoms with van der Waals surface area (Å²) in [5.41, 5.74) is 2.74. The number of rotatable bonds is 4. The number of nitrogens with zero attached hydrogens (tertiary/aromatic N) is 2. The predicted molar refractivity (Wildman–Crippen MR) is 117 cm³/mol. The van der Waals surface area contributed by atoms with E-state index in [1.54, 1.807) is 7.11 Å². The first-order valence-electron chi connectivity index (χ1n) is 11.1. The molecule has 0 bridgehead atoms. The van der Waals surface area contributed by atoms with E-state index in [9.17, 15) is 4.79 Å². The molecule has 2 aromatic rings. The molecular weight excluding hydrogens is 376 g/mol. The molecule has 0 N–H and O–H groups in total. The summed E-state index contributed by atoms with van der Waals surface area (Å²) in [6.45, 7) is 2.93. The van der Waals surface area contributed by atoms with Crippen LogP contribution >= 0.6 is 0 Å². The number of benzene rings is 2. The Morgan fingerprint density at radius 1 is 1.07 bits per heavy atom. The van der Waals surface area contributed by atoms with Crippen molar-refractivity contribution in [3.05, 3.63) is 48.0 Å². The molecule has 0 spiro atoms. The lowest BCUT2D eigenvalue weighted by Crippen LogP contribution is -2.44. The van der Waals surface area contributed by atoms with Crippen molar-refractivity contribution in [3.63, 3.8) is 0 Å². The Bertz CT molecular complexity index is 938. The third-order valence-corrected chi connectivity index (χ3v) is 7.01. The van der Waals surface area contributed by atoms with Gasteiger partial charge in [-0.3, -0.25) is 9.69 Å². The van der Waals surface area contributed by atoms with E-state index in [-0.39, 0.29) is 18.1 Å². The van der Waals surface area contributed by atoms with Crippen molar-refractivity contribution >= 4 is 5.91 Å². The minimum absolute atomic E-state index is 0.0159. The fourth-order valence-corrected chi connectivity index (χ4v) is 5.31. The number of hydrogen-bond acceptors (Lipinski definition) is 4. The topological polar surface area (TPSA) is 42.0 Å². The summed E-state index contributed by atoms with van der Waals surface area (Å²) in [5, 5.41) is 0. The van der Waals surface area contributed by atoms with Gasteiger partial charge >= 0.3 is 0 Å². The number of carbonyl (C=O) groups is 1. The van der Waals surface area contributed by atoms with Crippen LogP contribution in [0.15, 0.2) is 42.5 Å². The summed E-state index contributed by atoms with van der Waals surface area (Å²) in [4.78, 5) is 17.6. The second-order valence-corrected chi connectivity index (χ2v) is 8.95. The Kier molecular flexibility index (Phi) is 5.15. The van der Waals surface area contributed by atoms with Gasteiger partial charge in [-0.2, -0.15) is 0 Å². The van der Waals surface area contributed by atoms with E-state index in [0.717, 1.165) is 42.4 Å². The van der Waals surface area contributed by atoms with Gasteiger partial charge in [0.1, 0.15) is 17.6 Å². The standard InChI is InChI=1S/C25H30N2O3/c1-26-22-15-27(14-17-6-3-4-7-17)16-24(22)30-23-13-19(10-11-21(23)25(26)28)18-8-5-9-20(12-18)29-2/h5,8-13,17,22,24H,3-4,6-7,14-16H2,1-2H3. The van der Waals surface area contributed by atoms with Crippen LogP contribution in [0.25, 0.3) is 11.1 Å². The third kappa shape index (κ3) is 3.56. The monoisotopic (exact) mass is 406 g/mol. The maximum absolute atomic E-state index is 13.2. The number of hydrogen-bond donors (Lipinski definition) is 0. The third-order valence-electron chi connectivity index (χ3n) is 7.01. The van der Waals surface area contributed by atoms with Gasteiger partial charge in [0.15, 0.2) is 0 Å². The Morgan fingerprint density at radius 2 is 1.87 bits per heavy atom. The predicted octanol–water partition coefficient (Wildman–Crippen LogP) is 4.07. The van der Waals surface area contributed by atoms with Crippen LogP contribution in [-0.4, -0.2) is 61.6 Å². The summed E-state index contributed by atoms with van der Waals surface area (Å²) in [7, 11) is 3.60. The van der Waals surface area contributed by atoms with E-state index >= 15 is 0 Å². The highest BCUT2D eigenvalue weighted by molar-refractivity contribution is 5.98. The number of amides is 1. The van der Waals surface area contributed by atoms with Crippen LogP contribution in [0, 0.1) is 5.92 Å². The van der Waals surface area contributed by atoms with E-state index in [0.29, 0.717) is 11.3 Å². The first-order chi connectivity index (χ1) is 14.6. The van der Waals surface area contributed by atoms with E-state index in [1.807, 2.05) is 48.3 Å². The highest BCUT2D eigenvalue weighted by Gasteiger charge is 2.42. The minimum Gasteiger partial charge on any atom is -0.497 e. The van der Waals surface area contributed by atoms with Crippen LogP contribution in [0.5, 0.6) is 11.5 Å². The first kappa shape index (κ1) is 19.4. The highest BCUT2D eigenvalue weighted by Crippen LogP contribution is 2.35. The molecule has 2 heterocycles. The molecule has 2 aromatic carbocycles. The largest absolute Gasteiger partial charge is 0.497 e. The molecule has 1 saturated heterocycles. The molecule has 5 rings (SSSR count). The van der Waals surface area contributed by atoms with Gasteiger partial charge in [-0.1, -0.05) is 31.0 Å². The van der Waals surface area contributed by atoms with Crippen molar-refractivity contribution in [2.24, 2.45) is 5.92 Å². The molecule has 5 nitrogen and oxygen atoms in total. The quantitative estimate of drug-likeness (QED) is 0.768. The second-order valence-electron chi connectivity index (χ2n) is 8.95. The van der Waals surface area contributed by atoms with Crippen molar-refractivity contribution < 1.29 is 14.3 Å². The Hall–Kier alpha value is -2.53. The van der Waals surface area contributed by atoms with Crippen molar-refractivity contribution in [2.75, 3.05) is 33.8 Å². The van der Waals surface area contributed by atoms with Crippen molar-refractivity contribution in [1.29, 1.82) is 0 Å². The fraction of sp³-hybridized carbons (Fsp3) is 0.480. The second kappa shape index (κ2) is 7.95. The summed E-state index contributed by atoms with van der Waals surface area (Å²) < 4.78 is 11.9. The van der Waals surface area contributed by atoms with Crippen molar-refractivity contribution in [3.8, 4) is 22.6 Å². The molecule has 1 aliphatic carbocycles. The van der Waals surface area contributed by atoms with Crippen LogP contribution < -0.4 is 9.47 Å². The molecule has 0 radical (unpaired) electrons. The zero-order chi connectivity index (χ0) is 20.7.